The Hall–Kier alpha value is -2.40. The molecule has 5 nitrogen and oxygen atoms in total. The summed E-state index contributed by atoms with van der Waals surface area (Å²) in [7, 11) is 3.04. The molecule has 0 bridgehead atoms. The summed E-state index contributed by atoms with van der Waals surface area (Å²) in [4.78, 5) is 12.0. The minimum absolute atomic E-state index is 0.194. The molecule has 0 atom stereocenters. The smallest absolute Gasteiger partial charge is 0.262 e. The summed E-state index contributed by atoms with van der Waals surface area (Å²) in [6.07, 6.45) is 0. The summed E-state index contributed by atoms with van der Waals surface area (Å²) in [6.45, 7) is 1.73. The first-order valence-corrected chi connectivity index (χ1v) is 7.32. The molecule has 2 aromatic carbocycles. The molecule has 0 radical (unpaired) electrons. The van der Waals surface area contributed by atoms with Crippen LogP contribution in [0.5, 0.6) is 17.2 Å². The fraction of sp³-hybridized carbons (Fsp3) is 0.235. The molecule has 0 aliphatic heterocycles. The van der Waals surface area contributed by atoms with Crippen molar-refractivity contribution in [2.45, 2.75) is 6.92 Å². The van der Waals surface area contributed by atoms with E-state index in [9.17, 15) is 4.79 Å². The van der Waals surface area contributed by atoms with Crippen LogP contribution < -0.4 is 19.5 Å². The van der Waals surface area contributed by atoms with Crippen LogP contribution >= 0.6 is 11.6 Å². The van der Waals surface area contributed by atoms with Gasteiger partial charge in [-0.2, -0.15) is 0 Å². The Balaban J connectivity index is 2.05. The van der Waals surface area contributed by atoms with Crippen molar-refractivity contribution in [2.75, 3.05) is 26.1 Å². The highest BCUT2D eigenvalue weighted by Gasteiger charge is 2.14. The molecule has 0 aromatic heterocycles. The lowest BCUT2D eigenvalue weighted by molar-refractivity contribution is -0.118. The van der Waals surface area contributed by atoms with Crippen LogP contribution in [-0.4, -0.2) is 26.7 Å². The van der Waals surface area contributed by atoms with E-state index in [0.717, 1.165) is 5.56 Å². The van der Waals surface area contributed by atoms with Gasteiger partial charge in [-0.25, -0.2) is 0 Å². The molecule has 0 fully saturated rings. The zero-order valence-electron chi connectivity index (χ0n) is 13.2. The molecule has 0 aliphatic rings. The largest absolute Gasteiger partial charge is 0.493 e. The van der Waals surface area contributed by atoms with Crippen molar-refractivity contribution in [2.24, 2.45) is 0 Å². The molecule has 0 spiro atoms. The van der Waals surface area contributed by atoms with Gasteiger partial charge in [0.2, 0.25) is 5.75 Å². The minimum atomic E-state index is -0.330. The second kappa shape index (κ2) is 7.74. The van der Waals surface area contributed by atoms with Gasteiger partial charge in [0.05, 0.1) is 24.9 Å². The predicted molar refractivity (Wildman–Crippen MR) is 89.9 cm³/mol. The maximum Gasteiger partial charge on any atom is 0.262 e. The van der Waals surface area contributed by atoms with E-state index >= 15 is 0 Å². The van der Waals surface area contributed by atoms with Gasteiger partial charge in [0.15, 0.2) is 18.1 Å². The number of nitrogens with one attached hydrogen (secondary N) is 1. The van der Waals surface area contributed by atoms with Gasteiger partial charge in [0, 0.05) is 0 Å². The Morgan fingerprint density at radius 2 is 1.78 bits per heavy atom. The van der Waals surface area contributed by atoms with E-state index in [1.807, 2.05) is 13.0 Å². The van der Waals surface area contributed by atoms with Crippen LogP contribution in [0.15, 0.2) is 36.4 Å². The standard InChI is InChI=1S/C17H18ClNO4/c1-11-7-8-13(12(18)9-11)19-16(20)10-23-17-14(21-2)5-4-6-15(17)22-3/h4-9H,10H2,1-3H3,(H,19,20). The third-order valence-electron chi connectivity index (χ3n) is 3.13. The second-order valence-electron chi connectivity index (χ2n) is 4.81. The number of hydrogen-bond donors (Lipinski definition) is 1. The lowest BCUT2D eigenvalue weighted by atomic mass is 10.2. The molecule has 1 amide bonds. The molecular formula is C17H18ClNO4. The van der Waals surface area contributed by atoms with Crippen molar-refractivity contribution < 1.29 is 19.0 Å². The van der Waals surface area contributed by atoms with Gasteiger partial charge in [0.1, 0.15) is 0 Å². The topological polar surface area (TPSA) is 56.8 Å². The van der Waals surface area contributed by atoms with Gasteiger partial charge in [0.25, 0.3) is 5.91 Å². The van der Waals surface area contributed by atoms with Crippen molar-refractivity contribution in [1.29, 1.82) is 0 Å². The van der Waals surface area contributed by atoms with Crippen molar-refractivity contribution in [1.82, 2.24) is 0 Å². The molecule has 0 heterocycles. The molecule has 2 aromatic rings. The highest BCUT2D eigenvalue weighted by molar-refractivity contribution is 6.33. The van der Waals surface area contributed by atoms with Crippen LogP contribution in [0.2, 0.25) is 5.02 Å². The highest BCUT2D eigenvalue weighted by Crippen LogP contribution is 2.36. The molecule has 0 aliphatic carbocycles. The van der Waals surface area contributed by atoms with E-state index in [-0.39, 0.29) is 12.5 Å². The number of halogens is 1. The number of carbonyl (C=O) groups excluding carboxylic acids is 1. The monoisotopic (exact) mass is 335 g/mol. The van der Waals surface area contributed by atoms with E-state index < -0.39 is 0 Å². The normalized spacial score (nSPS) is 10.1. The number of rotatable bonds is 6. The SMILES string of the molecule is COc1cccc(OC)c1OCC(=O)Nc1ccc(C)cc1Cl. The van der Waals surface area contributed by atoms with Gasteiger partial charge in [-0.3, -0.25) is 4.79 Å². The van der Waals surface area contributed by atoms with Gasteiger partial charge in [-0.05, 0) is 36.8 Å². The number of ether oxygens (including phenoxy) is 3. The molecule has 23 heavy (non-hydrogen) atoms. The quantitative estimate of drug-likeness (QED) is 0.874. The zero-order chi connectivity index (χ0) is 16.8. The van der Waals surface area contributed by atoms with Crippen LogP contribution in [0.25, 0.3) is 0 Å². The Morgan fingerprint density at radius 3 is 2.35 bits per heavy atom. The molecular weight excluding hydrogens is 318 g/mol. The molecule has 2 rings (SSSR count). The van der Waals surface area contributed by atoms with E-state index in [2.05, 4.69) is 5.32 Å². The number of methoxy groups -OCH3 is 2. The summed E-state index contributed by atoms with van der Waals surface area (Å²) >= 11 is 6.09. The van der Waals surface area contributed by atoms with Crippen LogP contribution in [0.1, 0.15) is 5.56 Å². The highest BCUT2D eigenvalue weighted by atomic mass is 35.5. The summed E-state index contributed by atoms with van der Waals surface area (Å²) in [6, 6.07) is 10.6. The Bertz CT molecular complexity index is 681. The maximum atomic E-state index is 12.0. The summed E-state index contributed by atoms with van der Waals surface area (Å²) < 4.78 is 16.0. The molecule has 122 valence electrons. The maximum absolute atomic E-state index is 12.0. The summed E-state index contributed by atoms with van der Waals surface area (Å²) in [5.74, 6) is 1.03. The number of benzene rings is 2. The lowest BCUT2D eigenvalue weighted by Crippen LogP contribution is -2.20. The zero-order valence-corrected chi connectivity index (χ0v) is 13.9. The fourth-order valence-electron chi connectivity index (χ4n) is 2.00. The first-order chi connectivity index (χ1) is 11.0. The van der Waals surface area contributed by atoms with E-state index in [4.69, 9.17) is 25.8 Å². The third kappa shape index (κ3) is 4.29. The van der Waals surface area contributed by atoms with E-state index in [1.54, 1.807) is 30.3 Å². The van der Waals surface area contributed by atoms with Gasteiger partial charge in [-0.15, -0.1) is 0 Å². The van der Waals surface area contributed by atoms with Crippen LogP contribution in [-0.2, 0) is 4.79 Å². The number of amides is 1. The lowest BCUT2D eigenvalue weighted by Gasteiger charge is -2.14. The fourth-order valence-corrected chi connectivity index (χ4v) is 2.29. The number of carbonyl (C=O) groups is 1. The Morgan fingerprint density at radius 1 is 1.13 bits per heavy atom. The molecule has 0 unspecified atom stereocenters. The minimum Gasteiger partial charge on any atom is -0.493 e. The van der Waals surface area contributed by atoms with Crippen LogP contribution in [0, 0.1) is 6.92 Å². The van der Waals surface area contributed by atoms with Crippen LogP contribution in [0.3, 0.4) is 0 Å². The number of aryl methyl sites for hydroxylation is 1. The predicted octanol–water partition coefficient (Wildman–Crippen LogP) is 3.68. The molecule has 6 heteroatoms. The van der Waals surface area contributed by atoms with Crippen molar-refractivity contribution in [3.8, 4) is 17.2 Å². The summed E-state index contributed by atoms with van der Waals surface area (Å²) in [5, 5.41) is 3.18. The van der Waals surface area contributed by atoms with Crippen molar-refractivity contribution in [3.05, 3.63) is 47.0 Å². The summed E-state index contributed by atoms with van der Waals surface area (Å²) in [5.41, 5.74) is 1.56. The number of para-hydroxylation sites is 1. The van der Waals surface area contributed by atoms with E-state index in [0.29, 0.717) is 28.0 Å². The number of hydrogen-bond acceptors (Lipinski definition) is 4. The average molecular weight is 336 g/mol. The van der Waals surface area contributed by atoms with Gasteiger partial charge >= 0.3 is 0 Å². The van der Waals surface area contributed by atoms with Gasteiger partial charge in [-0.1, -0.05) is 23.7 Å². The van der Waals surface area contributed by atoms with Crippen molar-refractivity contribution >= 4 is 23.2 Å². The third-order valence-corrected chi connectivity index (χ3v) is 3.44. The number of anilines is 1. The Labute approximate surface area is 140 Å². The Kier molecular flexibility index (Phi) is 5.71. The van der Waals surface area contributed by atoms with Gasteiger partial charge < -0.3 is 19.5 Å². The first-order valence-electron chi connectivity index (χ1n) is 6.95. The average Bonchev–Trinajstić information content (AvgIpc) is 2.55. The first kappa shape index (κ1) is 17.0. The van der Waals surface area contributed by atoms with E-state index in [1.165, 1.54) is 14.2 Å². The van der Waals surface area contributed by atoms with Crippen molar-refractivity contribution in [3.63, 3.8) is 0 Å². The molecule has 0 saturated carbocycles. The second-order valence-corrected chi connectivity index (χ2v) is 5.22. The van der Waals surface area contributed by atoms with Crippen LogP contribution in [0.4, 0.5) is 5.69 Å². The molecule has 0 saturated heterocycles. The molecule has 1 N–H and O–H groups in total.